The number of aliphatic hydroxyl groups excluding tert-OH is 1. The molecule has 1 heterocycles. The van der Waals surface area contributed by atoms with E-state index < -0.39 is 0 Å². The first-order valence-electron chi connectivity index (χ1n) is 6.04. The van der Waals surface area contributed by atoms with Crippen LogP contribution in [0.3, 0.4) is 0 Å². The number of pyridine rings is 1. The molecule has 0 atom stereocenters. The quantitative estimate of drug-likeness (QED) is 0.606. The van der Waals surface area contributed by atoms with Crippen LogP contribution in [0.1, 0.15) is 38.2 Å². The fourth-order valence-electron chi connectivity index (χ4n) is 1.43. The van der Waals surface area contributed by atoms with E-state index in [4.69, 9.17) is 9.84 Å². The van der Waals surface area contributed by atoms with Crippen molar-refractivity contribution in [3.8, 4) is 17.6 Å². The minimum absolute atomic E-state index is 0.137. The average molecular weight is 233 g/mol. The van der Waals surface area contributed by atoms with Gasteiger partial charge in [0, 0.05) is 11.8 Å². The normalized spacial score (nSPS) is 9.53. The van der Waals surface area contributed by atoms with E-state index in [1.165, 1.54) is 19.3 Å². The van der Waals surface area contributed by atoms with Crippen LogP contribution in [0.5, 0.6) is 5.75 Å². The van der Waals surface area contributed by atoms with Gasteiger partial charge in [-0.25, -0.2) is 0 Å². The summed E-state index contributed by atoms with van der Waals surface area (Å²) >= 11 is 0. The fraction of sp³-hybridized carbons (Fsp3) is 0.500. The van der Waals surface area contributed by atoms with E-state index in [2.05, 4.69) is 23.7 Å². The summed E-state index contributed by atoms with van der Waals surface area (Å²) in [5.74, 6) is 6.13. The molecule has 0 spiro atoms. The van der Waals surface area contributed by atoms with E-state index in [1.54, 1.807) is 12.4 Å². The molecule has 1 rings (SSSR count). The van der Waals surface area contributed by atoms with E-state index in [0.29, 0.717) is 0 Å². The van der Waals surface area contributed by atoms with Crippen molar-refractivity contribution in [1.29, 1.82) is 0 Å². The molecule has 1 aromatic rings. The van der Waals surface area contributed by atoms with E-state index in [1.807, 2.05) is 6.07 Å². The number of aromatic nitrogens is 1. The van der Waals surface area contributed by atoms with Crippen LogP contribution < -0.4 is 4.74 Å². The van der Waals surface area contributed by atoms with E-state index in [9.17, 15) is 0 Å². The van der Waals surface area contributed by atoms with Crippen LogP contribution in [-0.2, 0) is 0 Å². The molecule has 0 bridgehead atoms. The fourth-order valence-corrected chi connectivity index (χ4v) is 1.43. The van der Waals surface area contributed by atoms with Crippen molar-refractivity contribution < 1.29 is 9.84 Å². The Labute approximate surface area is 103 Å². The van der Waals surface area contributed by atoms with Gasteiger partial charge in [0.15, 0.2) is 0 Å². The van der Waals surface area contributed by atoms with Gasteiger partial charge < -0.3 is 9.84 Å². The Kier molecular flexibility index (Phi) is 6.85. The minimum Gasteiger partial charge on any atom is -0.492 e. The van der Waals surface area contributed by atoms with Crippen LogP contribution in [0.4, 0.5) is 0 Å². The molecule has 0 aliphatic rings. The van der Waals surface area contributed by atoms with E-state index >= 15 is 0 Å². The van der Waals surface area contributed by atoms with Crippen molar-refractivity contribution in [3.05, 3.63) is 24.0 Å². The molecule has 0 saturated heterocycles. The highest BCUT2D eigenvalue weighted by molar-refractivity contribution is 5.36. The molecule has 0 aliphatic heterocycles. The first kappa shape index (κ1) is 13.5. The standard InChI is InChI=1S/C14H19NO2/c1-2-3-4-5-9-17-14-10-13(7-6-8-16)11-15-12-14/h10-12,16H,2-5,8-9H2,1H3. The lowest BCUT2D eigenvalue weighted by atomic mass is 10.2. The summed E-state index contributed by atoms with van der Waals surface area (Å²) in [4.78, 5) is 4.04. The second-order valence-electron chi connectivity index (χ2n) is 3.78. The lowest BCUT2D eigenvalue weighted by molar-refractivity contribution is 0.304. The molecule has 1 aromatic heterocycles. The van der Waals surface area contributed by atoms with Gasteiger partial charge in [-0.1, -0.05) is 38.0 Å². The number of hydrogen-bond acceptors (Lipinski definition) is 3. The third-order valence-corrected chi connectivity index (χ3v) is 2.29. The van der Waals surface area contributed by atoms with Crippen LogP contribution in [0.2, 0.25) is 0 Å². The number of aliphatic hydroxyl groups is 1. The summed E-state index contributed by atoms with van der Waals surface area (Å²) in [6.45, 7) is 2.77. The molecular weight excluding hydrogens is 214 g/mol. The second-order valence-corrected chi connectivity index (χ2v) is 3.78. The Morgan fingerprint density at radius 1 is 1.29 bits per heavy atom. The zero-order chi connectivity index (χ0) is 12.3. The smallest absolute Gasteiger partial charge is 0.138 e. The van der Waals surface area contributed by atoms with Gasteiger partial charge in [0.2, 0.25) is 0 Å². The summed E-state index contributed by atoms with van der Waals surface area (Å²) < 4.78 is 5.58. The maximum atomic E-state index is 8.60. The first-order valence-corrected chi connectivity index (χ1v) is 6.04. The van der Waals surface area contributed by atoms with Gasteiger partial charge in [-0.05, 0) is 12.5 Å². The maximum Gasteiger partial charge on any atom is 0.138 e. The summed E-state index contributed by atoms with van der Waals surface area (Å²) in [5.41, 5.74) is 0.769. The number of nitrogens with zero attached hydrogens (tertiary/aromatic N) is 1. The van der Waals surface area contributed by atoms with Crippen molar-refractivity contribution >= 4 is 0 Å². The van der Waals surface area contributed by atoms with E-state index in [0.717, 1.165) is 24.3 Å². The minimum atomic E-state index is -0.137. The highest BCUT2D eigenvalue weighted by Crippen LogP contribution is 2.11. The lowest BCUT2D eigenvalue weighted by Crippen LogP contribution is -1.98. The van der Waals surface area contributed by atoms with Crippen LogP contribution in [0.15, 0.2) is 18.5 Å². The lowest BCUT2D eigenvalue weighted by Gasteiger charge is -2.05. The molecule has 1 N–H and O–H groups in total. The Morgan fingerprint density at radius 3 is 2.94 bits per heavy atom. The van der Waals surface area contributed by atoms with Crippen molar-refractivity contribution in [2.24, 2.45) is 0 Å². The first-order chi connectivity index (χ1) is 8.36. The Balaban J connectivity index is 2.38. The van der Waals surface area contributed by atoms with Gasteiger partial charge in [0.05, 0.1) is 12.8 Å². The molecule has 0 amide bonds. The van der Waals surface area contributed by atoms with Gasteiger partial charge >= 0.3 is 0 Å². The predicted molar refractivity (Wildman–Crippen MR) is 67.8 cm³/mol. The van der Waals surface area contributed by atoms with Gasteiger partial charge in [-0.2, -0.15) is 0 Å². The molecule has 0 aliphatic carbocycles. The average Bonchev–Trinajstić information content (AvgIpc) is 2.37. The molecule has 3 heteroatoms. The highest BCUT2D eigenvalue weighted by atomic mass is 16.5. The predicted octanol–water partition coefficient (Wildman–Crippen LogP) is 2.38. The summed E-state index contributed by atoms with van der Waals surface area (Å²) in [7, 11) is 0. The van der Waals surface area contributed by atoms with Gasteiger partial charge in [0.1, 0.15) is 12.4 Å². The second kappa shape index (κ2) is 8.60. The Hall–Kier alpha value is -1.53. The third-order valence-electron chi connectivity index (χ3n) is 2.29. The van der Waals surface area contributed by atoms with Crippen molar-refractivity contribution in [1.82, 2.24) is 4.98 Å². The molecule has 0 unspecified atom stereocenters. The number of ether oxygens (including phenoxy) is 1. The highest BCUT2D eigenvalue weighted by Gasteiger charge is 1.96. The molecule has 0 saturated carbocycles. The molecule has 3 nitrogen and oxygen atoms in total. The van der Waals surface area contributed by atoms with Gasteiger partial charge in [-0.3, -0.25) is 4.98 Å². The molecule has 92 valence electrons. The molecular formula is C14H19NO2. The largest absolute Gasteiger partial charge is 0.492 e. The number of rotatable bonds is 6. The summed E-state index contributed by atoms with van der Waals surface area (Å²) in [6, 6.07) is 1.84. The van der Waals surface area contributed by atoms with Crippen LogP contribution >= 0.6 is 0 Å². The van der Waals surface area contributed by atoms with Crippen LogP contribution in [0.25, 0.3) is 0 Å². The summed E-state index contributed by atoms with van der Waals surface area (Å²) in [5, 5.41) is 8.60. The Morgan fingerprint density at radius 2 is 2.18 bits per heavy atom. The van der Waals surface area contributed by atoms with E-state index in [-0.39, 0.29) is 6.61 Å². The van der Waals surface area contributed by atoms with Crippen molar-refractivity contribution in [2.45, 2.75) is 32.6 Å². The van der Waals surface area contributed by atoms with Crippen LogP contribution in [-0.4, -0.2) is 23.3 Å². The monoisotopic (exact) mass is 233 g/mol. The Bertz CT molecular complexity index is 379. The maximum absolute atomic E-state index is 8.60. The number of hydrogen-bond donors (Lipinski definition) is 1. The zero-order valence-corrected chi connectivity index (χ0v) is 10.3. The SMILES string of the molecule is CCCCCCOc1cncc(C#CCO)c1. The summed E-state index contributed by atoms with van der Waals surface area (Å²) in [6.07, 6.45) is 8.10. The topological polar surface area (TPSA) is 42.4 Å². The van der Waals surface area contributed by atoms with Gasteiger partial charge in [-0.15, -0.1) is 0 Å². The molecule has 0 fully saturated rings. The van der Waals surface area contributed by atoms with Crippen molar-refractivity contribution in [2.75, 3.05) is 13.2 Å². The third kappa shape index (κ3) is 5.94. The number of unbranched alkanes of at least 4 members (excludes halogenated alkanes) is 3. The van der Waals surface area contributed by atoms with Crippen LogP contribution in [0, 0.1) is 11.8 Å². The zero-order valence-electron chi connectivity index (χ0n) is 10.3. The molecule has 17 heavy (non-hydrogen) atoms. The molecule has 0 aromatic carbocycles. The van der Waals surface area contributed by atoms with Gasteiger partial charge in [0.25, 0.3) is 0 Å². The molecule has 0 radical (unpaired) electrons. The van der Waals surface area contributed by atoms with Crippen molar-refractivity contribution in [3.63, 3.8) is 0 Å².